The summed E-state index contributed by atoms with van der Waals surface area (Å²) < 4.78 is 0. The molecule has 0 atom stereocenters. The van der Waals surface area contributed by atoms with Gasteiger partial charge < -0.3 is 15.3 Å². The summed E-state index contributed by atoms with van der Waals surface area (Å²) in [4.78, 5) is 56.7. The van der Waals surface area contributed by atoms with Crippen LogP contribution in [0.1, 0.15) is 20.8 Å². The van der Waals surface area contributed by atoms with Crippen molar-refractivity contribution in [3.63, 3.8) is 0 Å². The molecule has 9 nitrogen and oxygen atoms in total. The Balaban J connectivity index is -0.0000000865. The minimum absolute atomic E-state index is 0. The van der Waals surface area contributed by atoms with E-state index in [1.807, 2.05) is 0 Å². The van der Waals surface area contributed by atoms with Gasteiger partial charge in [0.25, 0.3) is 0 Å². The number of carboxylic acid groups (broad SMARTS) is 3. The van der Waals surface area contributed by atoms with Crippen molar-refractivity contribution in [3.05, 3.63) is 0 Å². The predicted molar refractivity (Wildman–Crippen MR) is 55.0 cm³/mol. The molecule has 19 heavy (non-hydrogen) atoms. The van der Waals surface area contributed by atoms with Gasteiger partial charge in [-0.2, -0.15) is 0 Å². The topological polar surface area (TPSA) is 163 Å². The average Bonchev–Trinajstić information content (AvgIpc) is 2.18. The van der Waals surface area contributed by atoms with Crippen LogP contribution < -0.4 is 0 Å². The fraction of sp³-hybridized carbons (Fsp3) is 0.333. The van der Waals surface area contributed by atoms with Gasteiger partial charge >= 0.3 is 17.9 Å². The summed E-state index contributed by atoms with van der Waals surface area (Å²) in [5.74, 6) is -6.61. The van der Waals surface area contributed by atoms with Crippen molar-refractivity contribution in [2.45, 2.75) is 20.8 Å². The monoisotopic (exact) mass is 316 g/mol. The Hall–Kier alpha value is -2.05. The van der Waals surface area contributed by atoms with Crippen molar-refractivity contribution in [2.75, 3.05) is 0 Å². The van der Waals surface area contributed by atoms with Crippen LogP contribution in [0.4, 0.5) is 0 Å². The number of Topliss-reactive ketones (excluding diaryl/α,β-unsaturated/α-hetero) is 3. The summed E-state index contributed by atoms with van der Waals surface area (Å²) in [6, 6.07) is 0. The predicted octanol–water partition coefficient (Wildman–Crippen LogP) is -1.02. The molecule has 0 saturated carbocycles. The quantitative estimate of drug-likeness (QED) is 0.552. The van der Waals surface area contributed by atoms with Crippen LogP contribution in [0, 0.1) is 0 Å². The molecule has 0 amide bonds. The van der Waals surface area contributed by atoms with Crippen LogP contribution in [0.5, 0.6) is 0 Å². The zero-order valence-corrected chi connectivity index (χ0v) is 11.5. The maximum absolute atomic E-state index is 9.54. The molecule has 0 radical (unpaired) electrons. The second-order valence-corrected chi connectivity index (χ2v) is 2.58. The van der Waals surface area contributed by atoms with E-state index < -0.39 is 35.3 Å². The van der Waals surface area contributed by atoms with Gasteiger partial charge in [-0.1, -0.05) is 0 Å². The van der Waals surface area contributed by atoms with Crippen LogP contribution in [0.15, 0.2) is 0 Å². The summed E-state index contributed by atoms with van der Waals surface area (Å²) >= 11 is 0. The molecule has 0 aromatic rings. The smallest absolute Gasteiger partial charge is 0.371 e. The van der Waals surface area contributed by atoms with Crippen molar-refractivity contribution < 1.29 is 61.4 Å². The molecule has 0 aromatic heterocycles. The first-order valence-corrected chi connectivity index (χ1v) is 4.15. The number of ketones is 3. The van der Waals surface area contributed by atoms with Gasteiger partial charge in [-0.05, 0) is 0 Å². The maximum atomic E-state index is 9.54. The van der Waals surface area contributed by atoms with E-state index in [1.54, 1.807) is 0 Å². The molecule has 3 N–H and O–H groups in total. The van der Waals surface area contributed by atoms with Gasteiger partial charge in [0, 0.05) is 38.1 Å². The SMILES string of the molecule is CC(=O)C(=O)O.CC(=O)C(=O)O.CC(=O)C(=O)O.[Cr]. The molecule has 0 aromatic carbocycles. The normalized spacial score (nSPS) is 7.11. The third-order valence-electron chi connectivity index (χ3n) is 0.904. The van der Waals surface area contributed by atoms with Gasteiger partial charge in [0.1, 0.15) is 0 Å². The Kier molecular flexibility index (Phi) is 19.0. The zero-order valence-electron chi connectivity index (χ0n) is 10.2. The summed E-state index contributed by atoms with van der Waals surface area (Å²) in [6.07, 6.45) is 0. The number of rotatable bonds is 3. The number of carbonyl (C=O) groups excluding carboxylic acids is 3. The van der Waals surface area contributed by atoms with E-state index in [4.69, 9.17) is 15.3 Å². The molecule has 0 heterocycles. The molecule has 0 unspecified atom stereocenters. The second-order valence-electron chi connectivity index (χ2n) is 2.58. The third kappa shape index (κ3) is 31.4. The Bertz CT molecular complexity index is 279. The molecule has 0 saturated heterocycles. The molecule has 0 bridgehead atoms. The van der Waals surface area contributed by atoms with Crippen molar-refractivity contribution in [1.29, 1.82) is 0 Å². The standard InChI is InChI=1S/3C3H4O3.Cr/c3*1-2(4)3(5)6;/h3*1H3,(H,5,6);. The first kappa shape index (κ1) is 25.7. The van der Waals surface area contributed by atoms with E-state index in [2.05, 4.69) is 0 Å². The summed E-state index contributed by atoms with van der Waals surface area (Å²) in [6.45, 7) is 3.01. The molecule has 0 rings (SSSR count). The van der Waals surface area contributed by atoms with Gasteiger partial charge in [-0.25, -0.2) is 14.4 Å². The summed E-state index contributed by atoms with van der Waals surface area (Å²) in [7, 11) is 0. The fourth-order valence-corrected chi connectivity index (χ4v) is 0. The Labute approximate surface area is 118 Å². The Morgan fingerprint density at radius 1 is 0.526 bits per heavy atom. The molecule has 0 fully saturated rings. The molecule has 108 valence electrons. The van der Waals surface area contributed by atoms with Gasteiger partial charge in [-0.3, -0.25) is 14.4 Å². The fourth-order valence-electron chi connectivity index (χ4n) is 0. The first-order valence-electron chi connectivity index (χ1n) is 4.15. The van der Waals surface area contributed by atoms with Crippen LogP contribution in [0.3, 0.4) is 0 Å². The van der Waals surface area contributed by atoms with Crippen LogP contribution >= 0.6 is 0 Å². The molecule has 0 aliphatic heterocycles. The van der Waals surface area contributed by atoms with Crippen molar-refractivity contribution in [2.24, 2.45) is 0 Å². The zero-order chi connectivity index (χ0) is 15.5. The van der Waals surface area contributed by atoms with E-state index in [0.29, 0.717) is 0 Å². The number of carboxylic acids is 3. The van der Waals surface area contributed by atoms with Crippen LogP contribution in [0.2, 0.25) is 0 Å². The Morgan fingerprint density at radius 2 is 0.579 bits per heavy atom. The number of hydrogen-bond donors (Lipinski definition) is 3. The largest absolute Gasteiger partial charge is 0.476 e. The van der Waals surface area contributed by atoms with Crippen molar-refractivity contribution in [3.8, 4) is 0 Å². The summed E-state index contributed by atoms with van der Waals surface area (Å²) in [5, 5.41) is 22.9. The second kappa shape index (κ2) is 14.0. The number of hydrogen-bond acceptors (Lipinski definition) is 6. The van der Waals surface area contributed by atoms with E-state index in [1.165, 1.54) is 0 Å². The molecule has 10 heteroatoms. The van der Waals surface area contributed by atoms with Crippen molar-refractivity contribution in [1.82, 2.24) is 0 Å². The van der Waals surface area contributed by atoms with Crippen molar-refractivity contribution >= 4 is 35.3 Å². The third-order valence-corrected chi connectivity index (χ3v) is 0.904. The van der Waals surface area contributed by atoms with Gasteiger partial charge in [0.2, 0.25) is 17.3 Å². The molecule has 0 spiro atoms. The van der Waals surface area contributed by atoms with Gasteiger partial charge in [0.15, 0.2) is 0 Å². The molecule has 0 aliphatic carbocycles. The maximum Gasteiger partial charge on any atom is 0.371 e. The van der Waals surface area contributed by atoms with E-state index in [9.17, 15) is 28.8 Å². The van der Waals surface area contributed by atoms with Gasteiger partial charge in [0.05, 0.1) is 0 Å². The number of carbonyl (C=O) groups is 6. The van der Waals surface area contributed by atoms with Crippen LogP contribution in [-0.2, 0) is 46.1 Å². The summed E-state index contributed by atoms with van der Waals surface area (Å²) in [5.41, 5.74) is 0. The molecule has 0 aliphatic rings. The van der Waals surface area contributed by atoms with E-state index in [-0.39, 0.29) is 17.4 Å². The minimum Gasteiger partial charge on any atom is -0.476 e. The minimum atomic E-state index is -1.38. The molecular formula is C9H12CrO9. The van der Waals surface area contributed by atoms with E-state index in [0.717, 1.165) is 20.8 Å². The Morgan fingerprint density at radius 3 is 0.579 bits per heavy atom. The van der Waals surface area contributed by atoms with Crippen LogP contribution in [-0.4, -0.2) is 50.6 Å². The molecular weight excluding hydrogens is 304 g/mol. The number of aliphatic carboxylic acids is 3. The van der Waals surface area contributed by atoms with E-state index >= 15 is 0 Å². The first-order chi connectivity index (χ1) is 7.93. The van der Waals surface area contributed by atoms with Gasteiger partial charge in [-0.15, -0.1) is 0 Å². The van der Waals surface area contributed by atoms with Crippen LogP contribution in [0.25, 0.3) is 0 Å². The average molecular weight is 316 g/mol.